The summed E-state index contributed by atoms with van der Waals surface area (Å²) in [6.07, 6.45) is 0. The van der Waals surface area contributed by atoms with Gasteiger partial charge in [0.1, 0.15) is 5.76 Å². The minimum absolute atomic E-state index is 0.172. The van der Waals surface area contributed by atoms with Crippen LogP contribution >= 0.6 is 0 Å². The maximum absolute atomic E-state index is 13.1. The molecular weight excluding hydrogens is 474 g/mol. The molecule has 1 saturated heterocycles. The second-order valence-corrected chi connectivity index (χ2v) is 9.48. The number of hydrogen-bond acceptors (Lipinski definition) is 7. The van der Waals surface area contributed by atoms with Crippen LogP contribution in [-0.4, -0.2) is 30.1 Å². The van der Waals surface area contributed by atoms with Crippen LogP contribution in [0.4, 0.5) is 11.4 Å². The van der Waals surface area contributed by atoms with Crippen molar-refractivity contribution in [1.82, 2.24) is 0 Å². The zero-order valence-corrected chi connectivity index (χ0v) is 19.1. The summed E-state index contributed by atoms with van der Waals surface area (Å²) in [4.78, 5) is 37.7. The number of Topliss-reactive ketones (excluding diaryl/α,β-unsaturated/α-hetero) is 1. The molecule has 3 N–H and O–H groups in total. The van der Waals surface area contributed by atoms with Crippen molar-refractivity contribution in [2.75, 3.05) is 4.90 Å². The number of nitrogens with two attached hydrogens (primary N) is 1. The summed E-state index contributed by atoms with van der Waals surface area (Å²) in [5.74, 6) is -2.32. The van der Waals surface area contributed by atoms with Gasteiger partial charge in [-0.15, -0.1) is 0 Å². The van der Waals surface area contributed by atoms with E-state index in [0.29, 0.717) is 11.1 Å². The number of nitro benzene ring substituents is 1. The monoisotopic (exact) mass is 493 g/mol. The number of nitro groups is 1. The number of carbonyl (C=O) groups is 2. The van der Waals surface area contributed by atoms with Crippen molar-refractivity contribution < 1.29 is 28.0 Å². The number of ketones is 1. The maximum Gasteiger partial charge on any atom is 0.300 e. The molecule has 11 heteroatoms. The molecule has 0 saturated carbocycles. The van der Waals surface area contributed by atoms with Gasteiger partial charge in [0.15, 0.2) is 0 Å². The summed E-state index contributed by atoms with van der Waals surface area (Å²) in [6.45, 7) is 1.85. The zero-order valence-electron chi connectivity index (χ0n) is 18.3. The molecule has 35 heavy (non-hydrogen) atoms. The highest BCUT2D eigenvalue weighted by Gasteiger charge is 2.47. The second-order valence-electron chi connectivity index (χ2n) is 7.92. The van der Waals surface area contributed by atoms with Crippen molar-refractivity contribution in [3.05, 3.63) is 105 Å². The number of primary sulfonamides is 1. The number of carbonyl (C=O) groups excluding carboxylic acids is 2. The normalized spacial score (nSPS) is 17.5. The predicted molar refractivity (Wildman–Crippen MR) is 127 cm³/mol. The molecule has 0 spiro atoms. The summed E-state index contributed by atoms with van der Waals surface area (Å²) in [5.41, 5.74) is 1.34. The first-order chi connectivity index (χ1) is 16.5. The Morgan fingerprint density at radius 3 is 2.06 bits per heavy atom. The number of benzene rings is 3. The van der Waals surface area contributed by atoms with Gasteiger partial charge in [0, 0.05) is 23.4 Å². The Morgan fingerprint density at radius 1 is 0.971 bits per heavy atom. The van der Waals surface area contributed by atoms with Gasteiger partial charge in [0.25, 0.3) is 17.4 Å². The number of non-ortho nitro benzene ring substituents is 1. The molecule has 0 aromatic heterocycles. The first-order valence-electron chi connectivity index (χ1n) is 10.2. The molecule has 1 heterocycles. The van der Waals surface area contributed by atoms with Crippen LogP contribution in [0.1, 0.15) is 22.7 Å². The highest BCUT2D eigenvalue weighted by atomic mass is 32.2. The minimum atomic E-state index is -3.99. The van der Waals surface area contributed by atoms with E-state index in [0.717, 1.165) is 10.5 Å². The number of amides is 1. The van der Waals surface area contributed by atoms with Gasteiger partial charge in [-0.1, -0.05) is 29.8 Å². The summed E-state index contributed by atoms with van der Waals surface area (Å²) in [6, 6.07) is 15.8. The molecule has 0 bridgehead atoms. The molecule has 4 rings (SSSR count). The number of sulfonamides is 1. The number of nitrogens with zero attached hydrogens (tertiary/aromatic N) is 2. The SMILES string of the molecule is Cc1ccc(/C(O)=C2/C(=O)C(=O)N(c3ccc(S(N)(=O)=O)cc3)C2c2ccc([N+](=O)[O-])cc2)cc1. The molecule has 3 aromatic rings. The third-order valence-corrected chi connectivity index (χ3v) is 6.56. The summed E-state index contributed by atoms with van der Waals surface area (Å²) in [7, 11) is -3.99. The van der Waals surface area contributed by atoms with Crippen LogP contribution in [-0.2, 0) is 19.6 Å². The van der Waals surface area contributed by atoms with Crippen molar-refractivity contribution in [2.45, 2.75) is 17.9 Å². The quantitative estimate of drug-likeness (QED) is 0.181. The third kappa shape index (κ3) is 4.42. The van der Waals surface area contributed by atoms with Crippen molar-refractivity contribution in [3.63, 3.8) is 0 Å². The van der Waals surface area contributed by atoms with Gasteiger partial charge in [-0.25, -0.2) is 13.6 Å². The largest absolute Gasteiger partial charge is 0.507 e. The fourth-order valence-electron chi connectivity index (χ4n) is 3.86. The second kappa shape index (κ2) is 8.78. The molecule has 3 aromatic carbocycles. The minimum Gasteiger partial charge on any atom is -0.507 e. The molecule has 1 amide bonds. The van der Waals surface area contributed by atoms with Gasteiger partial charge in [-0.05, 0) is 48.9 Å². The lowest BCUT2D eigenvalue weighted by molar-refractivity contribution is -0.384. The number of aliphatic hydroxyl groups is 1. The van der Waals surface area contributed by atoms with E-state index in [4.69, 9.17) is 5.14 Å². The molecule has 1 unspecified atom stereocenters. The standard InChI is InChI=1S/C24H19N3O7S/c1-14-2-4-16(5-3-14)22(28)20-21(15-6-8-18(9-7-15)27(31)32)26(24(30)23(20)29)17-10-12-19(13-11-17)35(25,33)34/h2-13,21,28H,1H3,(H2,25,33,34)/b22-20-. The first-order valence-corrected chi connectivity index (χ1v) is 11.8. The Kier molecular flexibility index (Phi) is 5.97. The van der Waals surface area contributed by atoms with Gasteiger partial charge in [-0.3, -0.25) is 24.6 Å². The third-order valence-electron chi connectivity index (χ3n) is 5.63. The lowest BCUT2D eigenvalue weighted by Gasteiger charge is -2.25. The van der Waals surface area contributed by atoms with E-state index >= 15 is 0 Å². The molecule has 0 aliphatic carbocycles. The number of rotatable bonds is 5. The Hall–Kier alpha value is -4.35. The van der Waals surface area contributed by atoms with E-state index in [1.807, 2.05) is 6.92 Å². The van der Waals surface area contributed by atoms with Crippen LogP contribution in [0.2, 0.25) is 0 Å². The van der Waals surface area contributed by atoms with Crippen LogP contribution in [0.3, 0.4) is 0 Å². The van der Waals surface area contributed by atoms with Gasteiger partial charge in [0.05, 0.1) is 21.4 Å². The Morgan fingerprint density at radius 2 is 1.54 bits per heavy atom. The van der Waals surface area contributed by atoms with Crippen molar-refractivity contribution in [3.8, 4) is 0 Å². The fourth-order valence-corrected chi connectivity index (χ4v) is 4.37. The van der Waals surface area contributed by atoms with Gasteiger partial charge < -0.3 is 5.11 Å². The van der Waals surface area contributed by atoms with Gasteiger partial charge in [0.2, 0.25) is 10.0 Å². The molecule has 178 valence electrons. The summed E-state index contributed by atoms with van der Waals surface area (Å²) in [5, 5.41) is 27.3. The molecule has 0 radical (unpaired) electrons. The van der Waals surface area contributed by atoms with Crippen LogP contribution in [0.15, 0.2) is 83.3 Å². The van der Waals surface area contributed by atoms with E-state index < -0.39 is 38.4 Å². The highest BCUT2D eigenvalue weighted by Crippen LogP contribution is 2.42. The van der Waals surface area contributed by atoms with Crippen LogP contribution in [0.5, 0.6) is 0 Å². The summed E-state index contributed by atoms with van der Waals surface area (Å²) >= 11 is 0. The average Bonchev–Trinajstić information content (AvgIpc) is 3.09. The van der Waals surface area contributed by atoms with E-state index in [-0.39, 0.29) is 21.8 Å². The van der Waals surface area contributed by atoms with Crippen molar-refractivity contribution in [1.29, 1.82) is 0 Å². The van der Waals surface area contributed by atoms with Crippen LogP contribution < -0.4 is 10.0 Å². The smallest absolute Gasteiger partial charge is 0.300 e. The lowest BCUT2D eigenvalue weighted by Crippen LogP contribution is -2.29. The van der Waals surface area contributed by atoms with Crippen molar-refractivity contribution >= 4 is 38.8 Å². The average molecular weight is 493 g/mol. The fraction of sp³-hybridized carbons (Fsp3) is 0.0833. The van der Waals surface area contributed by atoms with Gasteiger partial charge >= 0.3 is 0 Å². The van der Waals surface area contributed by atoms with Crippen LogP contribution in [0, 0.1) is 17.0 Å². The van der Waals surface area contributed by atoms with Gasteiger partial charge in [-0.2, -0.15) is 0 Å². The number of aryl methyl sites for hydroxylation is 1. The number of anilines is 1. The Balaban J connectivity index is 1.92. The first kappa shape index (κ1) is 23.8. The molecule has 1 aliphatic rings. The van der Waals surface area contributed by atoms with E-state index in [2.05, 4.69) is 0 Å². The topological polar surface area (TPSA) is 161 Å². The summed E-state index contributed by atoms with van der Waals surface area (Å²) < 4.78 is 23.2. The maximum atomic E-state index is 13.1. The van der Waals surface area contributed by atoms with E-state index in [1.54, 1.807) is 24.3 Å². The highest BCUT2D eigenvalue weighted by molar-refractivity contribution is 7.89. The lowest BCUT2D eigenvalue weighted by atomic mass is 9.94. The molecule has 1 aliphatic heterocycles. The number of aliphatic hydroxyl groups excluding tert-OH is 1. The zero-order chi connectivity index (χ0) is 25.5. The molecule has 1 fully saturated rings. The molecule has 10 nitrogen and oxygen atoms in total. The molecular formula is C24H19N3O7S. The predicted octanol–water partition coefficient (Wildman–Crippen LogP) is 3.18. The Bertz CT molecular complexity index is 1480. The number of hydrogen-bond donors (Lipinski definition) is 2. The molecule has 1 atom stereocenters. The van der Waals surface area contributed by atoms with E-state index in [1.165, 1.54) is 48.5 Å². The van der Waals surface area contributed by atoms with Crippen LogP contribution in [0.25, 0.3) is 5.76 Å². The van der Waals surface area contributed by atoms with E-state index in [9.17, 15) is 33.2 Å². The Labute approximate surface area is 200 Å². The van der Waals surface area contributed by atoms with Crippen molar-refractivity contribution in [2.24, 2.45) is 5.14 Å².